The van der Waals surface area contributed by atoms with Crippen LogP contribution in [0.1, 0.15) is 56.5 Å². The lowest BCUT2D eigenvalue weighted by Crippen LogP contribution is -2.46. The SMILES string of the molecule is CCOC(=O)[C@@]1(CC)C[C@H]2CC[C@@H]1N2C(=O)Cc1cc(C)nc(C)c1. The maximum absolute atomic E-state index is 13.0. The van der Waals surface area contributed by atoms with Gasteiger partial charge >= 0.3 is 5.97 Å². The molecule has 0 N–H and O–H groups in total. The molecule has 1 amide bonds. The summed E-state index contributed by atoms with van der Waals surface area (Å²) in [5.41, 5.74) is 2.35. The van der Waals surface area contributed by atoms with Crippen molar-refractivity contribution in [2.45, 2.75) is 71.9 Å². The average Bonchev–Trinajstić information content (AvgIpc) is 3.10. The summed E-state index contributed by atoms with van der Waals surface area (Å²) in [6.07, 6.45) is 3.74. The predicted molar refractivity (Wildman–Crippen MR) is 95.0 cm³/mol. The van der Waals surface area contributed by atoms with Crippen molar-refractivity contribution in [3.63, 3.8) is 0 Å². The number of esters is 1. The maximum atomic E-state index is 13.0. The van der Waals surface area contributed by atoms with E-state index in [1.165, 1.54) is 0 Å². The monoisotopic (exact) mass is 344 g/mol. The third-order valence-corrected chi connectivity index (χ3v) is 5.84. The van der Waals surface area contributed by atoms with E-state index in [0.29, 0.717) is 13.0 Å². The zero-order chi connectivity index (χ0) is 18.2. The summed E-state index contributed by atoms with van der Waals surface area (Å²) in [6, 6.07) is 4.10. The van der Waals surface area contributed by atoms with Gasteiger partial charge in [-0.05, 0) is 64.2 Å². The molecule has 0 saturated carbocycles. The Morgan fingerprint density at radius 2 is 1.92 bits per heavy atom. The van der Waals surface area contributed by atoms with Crippen LogP contribution in [0.25, 0.3) is 0 Å². The molecule has 2 saturated heterocycles. The molecule has 0 aromatic carbocycles. The van der Waals surface area contributed by atoms with Crippen molar-refractivity contribution < 1.29 is 14.3 Å². The first-order chi connectivity index (χ1) is 11.9. The Balaban J connectivity index is 1.81. The van der Waals surface area contributed by atoms with Crippen LogP contribution in [-0.4, -0.2) is 40.5 Å². The molecular weight excluding hydrogens is 316 g/mol. The van der Waals surface area contributed by atoms with Crippen LogP contribution >= 0.6 is 0 Å². The molecule has 3 rings (SSSR count). The number of carbonyl (C=O) groups is 2. The number of pyridine rings is 1. The molecule has 2 fully saturated rings. The van der Waals surface area contributed by atoms with E-state index in [2.05, 4.69) is 4.98 Å². The largest absolute Gasteiger partial charge is 0.466 e. The Labute approximate surface area is 149 Å². The van der Waals surface area contributed by atoms with Gasteiger partial charge in [-0.2, -0.15) is 0 Å². The summed E-state index contributed by atoms with van der Waals surface area (Å²) < 4.78 is 5.37. The summed E-state index contributed by atoms with van der Waals surface area (Å²) >= 11 is 0. The fraction of sp³-hybridized carbons (Fsp3) is 0.650. The summed E-state index contributed by atoms with van der Waals surface area (Å²) in [5.74, 6) is -0.00442. The number of hydrogen-bond donors (Lipinski definition) is 0. The van der Waals surface area contributed by atoms with Gasteiger partial charge in [0.05, 0.1) is 18.4 Å². The van der Waals surface area contributed by atoms with Gasteiger partial charge in [0.25, 0.3) is 0 Å². The lowest BCUT2D eigenvalue weighted by Gasteiger charge is -2.34. The standard InChI is InChI=1S/C20H28N2O3/c1-5-20(19(24)25-6-2)12-16-7-8-17(20)22(16)18(23)11-15-9-13(3)21-14(4)10-15/h9-10,16-17H,5-8,11-12H2,1-4H3/t16-,17+,20+/m1/s1. The highest BCUT2D eigenvalue weighted by molar-refractivity contribution is 5.84. The van der Waals surface area contributed by atoms with E-state index in [1.54, 1.807) is 0 Å². The van der Waals surface area contributed by atoms with E-state index in [9.17, 15) is 9.59 Å². The topological polar surface area (TPSA) is 59.5 Å². The number of fused-ring (bicyclic) bond motifs is 2. The first-order valence-electron chi connectivity index (χ1n) is 9.33. The number of ether oxygens (including phenoxy) is 1. The molecule has 2 aliphatic rings. The number of aromatic nitrogens is 1. The van der Waals surface area contributed by atoms with Gasteiger partial charge in [-0.3, -0.25) is 14.6 Å². The van der Waals surface area contributed by atoms with Crippen LogP contribution in [0, 0.1) is 19.3 Å². The van der Waals surface area contributed by atoms with Gasteiger partial charge in [0.2, 0.25) is 5.91 Å². The van der Waals surface area contributed by atoms with E-state index in [1.807, 2.05) is 44.7 Å². The van der Waals surface area contributed by atoms with E-state index in [4.69, 9.17) is 4.74 Å². The first kappa shape index (κ1) is 17.9. The molecule has 25 heavy (non-hydrogen) atoms. The van der Waals surface area contributed by atoms with Crippen LogP contribution in [0.2, 0.25) is 0 Å². The maximum Gasteiger partial charge on any atom is 0.314 e. The minimum atomic E-state index is -0.515. The first-order valence-corrected chi connectivity index (χ1v) is 9.33. The lowest BCUT2D eigenvalue weighted by atomic mass is 9.72. The van der Waals surface area contributed by atoms with Crippen LogP contribution in [0.3, 0.4) is 0 Å². The summed E-state index contributed by atoms with van der Waals surface area (Å²) in [4.78, 5) is 32.0. The van der Waals surface area contributed by atoms with Gasteiger partial charge in [0.1, 0.15) is 0 Å². The minimum Gasteiger partial charge on any atom is -0.466 e. The second-order valence-electron chi connectivity index (χ2n) is 7.42. The molecule has 0 spiro atoms. The molecule has 0 unspecified atom stereocenters. The van der Waals surface area contributed by atoms with Gasteiger partial charge in [0, 0.05) is 23.5 Å². The number of rotatable bonds is 5. The normalized spacial score (nSPS) is 27.6. The van der Waals surface area contributed by atoms with Crippen LogP contribution in [0.5, 0.6) is 0 Å². The number of amides is 1. The van der Waals surface area contributed by atoms with E-state index >= 15 is 0 Å². The Kier molecular flexibility index (Phi) is 4.85. The van der Waals surface area contributed by atoms with Crippen molar-refractivity contribution in [3.05, 3.63) is 29.1 Å². The molecule has 3 heterocycles. The Hall–Kier alpha value is -1.91. The molecule has 2 aliphatic heterocycles. The van der Waals surface area contributed by atoms with Gasteiger partial charge < -0.3 is 9.64 Å². The second-order valence-corrected chi connectivity index (χ2v) is 7.42. The van der Waals surface area contributed by atoms with Crippen LogP contribution < -0.4 is 0 Å². The number of aryl methyl sites for hydroxylation is 2. The molecule has 5 heteroatoms. The zero-order valence-corrected chi connectivity index (χ0v) is 15.7. The molecule has 2 bridgehead atoms. The molecule has 0 aliphatic carbocycles. The summed E-state index contributed by atoms with van der Waals surface area (Å²) in [6.45, 7) is 8.16. The summed E-state index contributed by atoms with van der Waals surface area (Å²) in [5, 5.41) is 0. The highest BCUT2D eigenvalue weighted by atomic mass is 16.5. The summed E-state index contributed by atoms with van der Waals surface area (Å²) in [7, 11) is 0. The Morgan fingerprint density at radius 1 is 1.24 bits per heavy atom. The van der Waals surface area contributed by atoms with Crippen LogP contribution in [0.4, 0.5) is 0 Å². The van der Waals surface area contributed by atoms with Crippen LogP contribution in [-0.2, 0) is 20.7 Å². The molecule has 3 atom stereocenters. The van der Waals surface area contributed by atoms with Gasteiger partial charge in [0.15, 0.2) is 0 Å². The molecule has 1 aromatic rings. The molecule has 136 valence electrons. The van der Waals surface area contributed by atoms with Crippen molar-refractivity contribution in [1.82, 2.24) is 9.88 Å². The third-order valence-electron chi connectivity index (χ3n) is 5.84. The third kappa shape index (κ3) is 3.05. The Morgan fingerprint density at radius 3 is 2.52 bits per heavy atom. The predicted octanol–water partition coefficient (Wildman–Crippen LogP) is 2.96. The van der Waals surface area contributed by atoms with E-state index in [0.717, 1.165) is 42.6 Å². The molecule has 0 radical (unpaired) electrons. The number of hydrogen-bond acceptors (Lipinski definition) is 4. The molecular formula is C20H28N2O3. The average molecular weight is 344 g/mol. The van der Waals surface area contributed by atoms with Crippen LogP contribution in [0.15, 0.2) is 12.1 Å². The number of carbonyl (C=O) groups excluding carboxylic acids is 2. The number of nitrogens with zero attached hydrogens (tertiary/aromatic N) is 2. The van der Waals surface area contributed by atoms with E-state index < -0.39 is 5.41 Å². The zero-order valence-electron chi connectivity index (χ0n) is 15.7. The second kappa shape index (κ2) is 6.77. The van der Waals surface area contributed by atoms with Crippen molar-refractivity contribution in [2.24, 2.45) is 5.41 Å². The fourth-order valence-corrected chi connectivity index (χ4v) is 4.87. The van der Waals surface area contributed by atoms with Gasteiger partial charge in [-0.25, -0.2) is 0 Å². The van der Waals surface area contributed by atoms with E-state index in [-0.39, 0.29) is 24.0 Å². The lowest BCUT2D eigenvalue weighted by molar-refractivity contribution is -0.158. The Bertz CT molecular complexity index is 667. The minimum absolute atomic E-state index is 0.0157. The highest BCUT2D eigenvalue weighted by Crippen LogP contribution is 2.52. The quantitative estimate of drug-likeness (QED) is 0.771. The molecule has 5 nitrogen and oxygen atoms in total. The smallest absolute Gasteiger partial charge is 0.314 e. The highest BCUT2D eigenvalue weighted by Gasteiger charge is 2.60. The molecule has 1 aromatic heterocycles. The van der Waals surface area contributed by atoms with Crippen molar-refractivity contribution in [2.75, 3.05) is 6.61 Å². The van der Waals surface area contributed by atoms with Crippen molar-refractivity contribution in [1.29, 1.82) is 0 Å². The van der Waals surface area contributed by atoms with Crippen molar-refractivity contribution >= 4 is 11.9 Å². The fourth-order valence-electron chi connectivity index (χ4n) is 4.87. The van der Waals surface area contributed by atoms with Gasteiger partial charge in [-0.1, -0.05) is 6.92 Å². The van der Waals surface area contributed by atoms with Gasteiger partial charge in [-0.15, -0.1) is 0 Å². The van der Waals surface area contributed by atoms with Crippen molar-refractivity contribution in [3.8, 4) is 0 Å².